The van der Waals surface area contributed by atoms with E-state index in [0.29, 0.717) is 5.92 Å². The lowest BCUT2D eigenvalue weighted by atomic mass is 9.83. The van der Waals surface area contributed by atoms with Crippen molar-refractivity contribution in [2.75, 3.05) is 5.32 Å². The molecule has 3 heterocycles. The van der Waals surface area contributed by atoms with E-state index < -0.39 is 0 Å². The monoisotopic (exact) mass is 570 g/mol. The molecule has 2 atom stereocenters. The van der Waals surface area contributed by atoms with E-state index in [-0.39, 0.29) is 5.37 Å². The second-order valence-electron chi connectivity index (χ2n) is 11.8. The van der Waals surface area contributed by atoms with E-state index in [0.717, 1.165) is 23.0 Å². The predicted molar refractivity (Wildman–Crippen MR) is 180 cm³/mol. The molecule has 0 bridgehead atoms. The molecule has 204 valence electrons. The van der Waals surface area contributed by atoms with Crippen molar-refractivity contribution in [3.8, 4) is 5.69 Å². The maximum atomic E-state index is 6.15. The highest BCUT2D eigenvalue weighted by atomic mass is 32.2. The van der Waals surface area contributed by atoms with E-state index in [9.17, 15) is 0 Å². The number of furan rings is 1. The van der Waals surface area contributed by atoms with Crippen LogP contribution in [0, 0.1) is 5.92 Å². The average Bonchev–Trinajstić information content (AvgIpc) is 3.74. The van der Waals surface area contributed by atoms with Gasteiger partial charge in [-0.05, 0) is 76.9 Å². The van der Waals surface area contributed by atoms with Crippen LogP contribution < -0.4 is 5.32 Å². The topological polar surface area (TPSA) is 30.1 Å². The third kappa shape index (κ3) is 3.44. The summed E-state index contributed by atoms with van der Waals surface area (Å²) in [5, 5.41) is 10.2. The fourth-order valence-electron chi connectivity index (χ4n) is 7.30. The Balaban J connectivity index is 1.08. The van der Waals surface area contributed by atoms with Gasteiger partial charge in [-0.25, -0.2) is 0 Å². The Kier molecular flexibility index (Phi) is 4.83. The van der Waals surface area contributed by atoms with Gasteiger partial charge < -0.3 is 14.3 Å². The predicted octanol–water partition coefficient (Wildman–Crippen LogP) is 10.6. The van der Waals surface area contributed by atoms with E-state index in [2.05, 4.69) is 125 Å². The molecule has 0 fully saturated rings. The van der Waals surface area contributed by atoms with Crippen LogP contribution in [0.15, 0.2) is 136 Å². The van der Waals surface area contributed by atoms with Crippen LogP contribution >= 0.6 is 11.8 Å². The maximum Gasteiger partial charge on any atom is 0.137 e. The van der Waals surface area contributed by atoms with Gasteiger partial charge in [0.2, 0.25) is 0 Å². The van der Waals surface area contributed by atoms with Crippen LogP contribution in [0.25, 0.3) is 55.4 Å². The number of allylic oxidation sites excluding steroid dienone is 5. The number of thioether (sulfide) groups is 1. The van der Waals surface area contributed by atoms with Crippen LogP contribution in [0.1, 0.15) is 22.2 Å². The number of nitrogens with zero attached hydrogens (tertiary/aromatic N) is 1. The molecular weight excluding hydrogens is 545 g/mol. The minimum Gasteiger partial charge on any atom is -0.456 e. The molecule has 0 radical (unpaired) electrons. The van der Waals surface area contributed by atoms with Crippen LogP contribution in [0.4, 0.5) is 5.69 Å². The first-order valence-electron chi connectivity index (χ1n) is 14.9. The summed E-state index contributed by atoms with van der Waals surface area (Å²) in [6.45, 7) is 0. The third-order valence-corrected chi connectivity index (χ3v) is 10.6. The molecule has 1 N–H and O–H groups in total. The van der Waals surface area contributed by atoms with Gasteiger partial charge in [-0.2, -0.15) is 0 Å². The maximum absolute atomic E-state index is 6.15. The lowest BCUT2D eigenvalue weighted by Gasteiger charge is -2.24. The van der Waals surface area contributed by atoms with Crippen LogP contribution in [0.2, 0.25) is 0 Å². The van der Waals surface area contributed by atoms with Crippen LogP contribution in [-0.2, 0) is 6.42 Å². The van der Waals surface area contributed by atoms with Gasteiger partial charge in [0.1, 0.15) is 16.5 Å². The van der Waals surface area contributed by atoms with Crippen molar-refractivity contribution >= 4 is 67.1 Å². The van der Waals surface area contributed by atoms with E-state index in [1.807, 2.05) is 23.9 Å². The van der Waals surface area contributed by atoms with Crippen molar-refractivity contribution in [3.63, 3.8) is 0 Å². The number of fused-ring (bicyclic) bond motifs is 10. The number of hydrogen-bond donors (Lipinski definition) is 1. The summed E-state index contributed by atoms with van der Waals surface area (Å²) in [5.41, 5.74) is 10.9. The Bertz CT molecular complexity index is 2380. The Morgan fingerprint density at radius 2 is 1.63 bits per heavy atom. The van der Waals surface area contributed by atoms with Crippen molar-refractivity contribution in [1.82, 2.24) is 4.57 Å². The summed E-state index contributed by atoms with van der Waals surface area (Å²) in [6.07, 6.45) is 12.4. The molecule has 0 saturated carbocycles. The first-order valence-corrected chi connectivity index (χ1v) is 15.8. The quantitative estimate of drug-likeness (QED) is 0.224. The fourth-order valence-corrected chi connectivity index (χ4v) is 8.45. The van der Waals surface area contributed by atoms with Crippen LogP contribution in [0.5, 0.6) is 0 Å². The zero-order chi connectivity index (χ0) is 28.1. The van der Waals surface area contributed by atoms with Gasteiger partial charge in [-0.15, -0.1) is 0 Å². The number of aromatic nitrogens is 1. The Hall–Kier alpha value is -4.93. The Morgan fingerprint density at radius 3 is 2.53 bits per heavy atom. The van der Waals surface area contributed by atoms with Crippen molar-refractivity contribution in [2.45, 2.75) is 16.7 Å². The molecule has 4 heteroatoms. The zero-order valence-electron chi connectivity index (χ0n) is 23.2. The molecule has 10 rings (SSSR count). The molecule has 1 aliphatic heterocycles. The number of anilines is 1. The molecule has 43 heavy (non-hydrogen) atoms. The molecule has 3 nitrogen and oxygen atoms in total. The van der Waals surface area contributed by atoms with Crippen molar-refractivity contribution in [3.05, 3.63) is 144 Å². The fraction of sp³-hybridized carbons (Fsp3) is 0.0769. The van der Waals surface area contributed by atoms with E-state index in [1.54, 1.807) is 0 Å². The van der Waals surface area contributed by atoms with E-state index >= 15 is 0 Å². The number of rotatable bonds is 2. The van der Waals surface area contributed by atoms with Crippen LogP contribution in [0.3, 0.4) is 0 Å². The zero-order valence-corrected chi connectivity index (χ0v) is 24.1. The van der Waals surface area contributed by atoms with Gasteiger partial charge in [0.15, 0.2) is 0 Å². The first-order chi connectivity index (χ1) is 21.3. The molecule has 0 saturated heterocycles. The number of nitrogens with one attached hydrogen (secondary N) is 1. The van der Waals surface area contributed by atoms with Gasteiger partial charge in [0.25, 0.3) is 0 Å². The van der Waals surface area contributed by atoms with Crippen molar-refractivity contribution < 1.29 is 4.42 Å². The standard InChI is InChI=1S/C39H26N2OS/c1-3-9-26-21-32-30(19-24(26)7-1)31-20-25-8-2-4-10-27(25)22-33(31)41(32)28-15-13-23(14-16-28)39-40-38-36(43-39)18-17-35-37(38)29-11-5-6-12-34(29)42-35/h1-21,27,39-40H,22H2. The van der Waals surface area contributed by atoms with E-state index in [1.165, 1.54) is 65.7 Å². The smallest absolute Gasteiger partial charge is 0.137 e. The van der Waals surface area contributed by atoms with Gasteiger partial charge in [0, 0.05) is 38.5 Å². The minimum absolute atomic E-state index is 0.146. The number of benzene rings is 5. The molecule has 2 aromatic heterocycles. The highest BCUT2D eigenvalue weighted by Gasteiger charge is 2.29. The SMILES string of the molecule is C1=CC2=Cc3c(n(-c4ccc(C5Nc6c(ccc7oc8ccccc8c67)S5)cc4)c4cc5ccccc5cc34)CC2C=C1. The highest BCUT2D eigenvalue weighted by molar-refractivity contribution is 8.00. The summed E-state index contributed by atoms with van der Waals surface area (Å²) >= 11 is 1.88. The second-order valence-corrected chi connectivity index (χ2v) is 12.9. The highest BCUT2D eigenvalue weighted by Crippen LogP contribution is 2.51. The lowest BCUT2D eigenvalue weighted by Crippen LogP contribution is -2.14. The van der Waals surface area contributed by atoms with Gasteiger partial charge in [0.05, 0.1) is 16.6 Å². The normalized spacial score (nSPS) is 18.7. The summed E-state index contributed by atoms with van der Waals surface area (Å²) in [6, 6.07) is 35.3. The van der Waals surface area contributed by atoms with E-state index in [4.69, 9.17) is 4.42 Å². The first kappa shape index (κ1) is 23.6. The number of para-hydroxylation sites is 1. The average molecular weight is 571 g/mol. The molecule has 0 spiro atoms. The molecule has 0 amide bonds. The molecule has 2 aliphatic carbocycles. The Labute approximate surface area is 252 Å². The summed E-state index contributed by atoms with van der Waals surface area (Å²) < 4.78 is 8.66. The van der Waals surface area contributed by atoms with Crippen LogP contribution in [-0.4, -0.2) is 4.57 Å². The molecule has 7 aromatic rings. The van der Waals surface area contributed by atoms with Gasteiger partial charge in [-0.3, -0.25) is 0 Å². The van der Waals surface area contributed by atoms with Crippen molar-refractivity contribution in [1.29, 1.82) is 0 Å². The second kappa shape index (κ2) is 8.79. The number of hydrogen-bond acceptors (Lipinski definition) is 3. The third-order valence-electron chi connectivity index (χ3n) is 9.35. The largest absolute Gasteiger partial charge is 0.456 e. The lowest BCUT2D eigenvalue weighted by molar-refractivity contribution is 0.669. The summed E-state index contributed by atoms with van der Waals surface area (Å²) in [7, 11) is 0. The van der Waals surface area contributed by atoms with Gasteiger partial charge in [-0.1, -0.05) is 90.7 Å². The Morgan fingerprint density at radius 1 is 0.791 bits per heavy atom. The van der Waals surface area contributed by atoms with Gasteiger partial charge >= 0.3 is 0 Å². The molecule has 3 aliphatic rings. The molecule has 5 aromatic carbocycles. The summed E-state index contributed by atoms with van der Waals surface area (Å²) in [4.78, 5) is 1.27. The minimum atomic E-state index is 0.146. The molecule has 2 unspecified atom stereocenters. The summed E-state index contributed by atoms with van der Waals surface area (Å²) in [5.74, 6) is 0.419. The molecular formula is C39H26N2OS. The van der Waals surface area contributed by atoms with Crippen molar-refractivity contribution in [2.24, 2.45) is 5.92 Å².